The summed E-state index contributed by atoms with van der Waals surface area (Å²) in [4.78, 5) is 14.9. The summed E-state index contributed by atoms with van der Waals surface area (Å²) in [7, 11) is 0. The summed E-state index contributed by atoms with van der Waals surface area (Å²) in [6.45, 7) is 1.89. The van der Waals surface area contributed by atoms with Crippen LogP contribution in [0.5, 0.6) is 0 Å². The van der Waals surface area contributed by atoms with Crippen LogP contribution in [0.15, 0.2) is 30.3 Å². The van der Waals surface area contributed by atoms with Gasteiger partial charge in [0.2, 0.25) is 0 Å². The molecule has 2 aromatic rings. The van der Waals surface area contributed by atoms with Crippen LogP contribution in [-0.2, 0) is 0 Å². The van der Waals surface area contributed by atoms with Gasteiger partial charge in [0, 0.05) is 28.7 Å². The van der Waals surface area contributed by atoms with Crippen molar-refractivity contribution in [2.24, 2.45) is 17.6 Å². The van der Waals surface area contributed by atoms with Gasteiger partial charge in [0.15, 0.2) is 0 Å². The van der Waals surface area contributed by atoms with Gasteiger partial charge in [-0.25, -0.2) is 0 Å². The highest BCUT2D eigenvalue weighted by molar-refractivity contribution is 5.96. The highest BCUT2D eigenvalue weighted by Gasteiger charge is 2.33. The molecule has 2 saturated carbocycles. The number of benzene rings is 1. The molecule has 132 valence electrons. The Morgan fingerprint density at radius 1 is 1.20 bits per heavy atom. The number of amides is 1. The summed E-state index contributed by atoms with van der Waals surface area (Å²) in [6, 6.07) is 10.8. The van der Waals surface area contributed by atoms with Crippen molar-refractivity contribution >= 4 is 11.6 Å². The van der Waals surface area contributed by atoms with Crippen molar-refractivity contribution < 1.29 is 4.79 Å². The van der Waals surface area contributed by atoms with Gasteiger partial charge in [-0.3, -0.25) is 4.79 Å². The first-order valence-electron chi connectivity index (χ1n) is 9.47. The molecule has 2 fully saturated rings. The fourth-order valence-electron chi connectivity index (χ4n) is 4.80. The van der Waals surface area contributed by atoms with Crippen molar-refractivity contribution in [3.63, 3.8) is 0 Å². The number of hydrogen-bond acceptors (Lipinski definition) is 2. The average molecular weight is 337 g/mol. The summed E-state index contributed by atoms with van der Waals surface area (Å²) in [5.41, 5.74) is 10.1. The number of carbonyl (C=O) groups is 1. The number of hydrogen-bond donors (Lipinski definition) is 3. The maximum Gasteiger partial charge on any atom is 0.250 e. The molecular weight excluding hydrogens is 310 g/mol. The van der Waals surface area contributed by atoms with Gasteiger partial charge in [-0.15, -0.1) is 0 Å². The molecule has 0 spiro atoms. The SMILES string of the molecule is Cc1[nH]c(-c2ccccc2NC2CCC3CCCC2C3)cc1C(N)=O. The van der Waals surface area contributed by atoms with Crippen molar-refractivity contribution in [2.75, 3.05) is 5.32 Å². The van der Waals surface area contributed by atoms with E-state index in [9.17, 15) is 4.79 Å². The normalized spacial score (nSPS) is 25.6. The fourth-order valence-corrected chi connectivity index (χ4v) is 4.80. The Kier molecular flexibility index (Phi) is 4.28. The van der Waals surface area contributed by atoms with E-state index in [4.69, 9.17) is 5.73 Å². The molecule has 0 aliphatic heterocycles. The third kappa shape index (κ3) is 3.17. The lowest BCUT2D eigenvalue weighted by atomic mass is 9.70. The number of aryl methyl sites for hydroxylation is 1. The minimum absolute atomic E-state index is 0.383. The fraction of sp³-hybridized carbons (Fsp3) is 0.476. The lowest BCUT2D eigenvalue weighted by Gasteiger charge is -2.41. The van der Waals surface area contributed by atoms with Crippen LogP contribution in [0.3, 0.4) is 0 Å². The van der Waals surface area contributed by atoms with E-state index in [-0.39, 0.29) is 5.91 Å². The molecule has 3 atom stereocenters. The molecule has 1 aromatic carbocycles. The molecule has 0 radical (unpaired) electrons. The second-order valence-electron chi connectivity index (χ2n) is 7.75. The van der Waals surface area contributed by atoms with Crippen LogP contribution < -0.4 is 11.1 Å². The summed E-state index contributed by atoms with van der Waals surface area (Å²) in [5.74, 6) is 1.37. The lowest BCUT2D eigenvalue weighted by molar-refractivity contribution is 0.1000. The second kappa shape index (κ2) is 6.58. The first-order valence-corrected chi connectivity index (χ1v) is 9.47. The van der Waals surface area contributed by atoms with Gasteiger partial charge < -0.3 is 16.0 Å². The standard InChI is InChI=1S/C21H27N3O/c1-13-17(21(22)25)12-20(23-13)16-7-2-3-8-19(16)24-18-10-9-14-5-4-6-15(18)11-14/h2-3,7-8,12,14-15,18,23-24H,4-6,9-11H2,1H3,(H2,22,25). The number of nitrogens with two attached hydrogens (primary N) is 1. The maximum atomic E-state index is 11.6. The monoisotopic (exact) mass is 337 g/mol. The van der Waals surface area contributed by atoms with E-state index in [1.54, 1.807) is 0 Å². The van der Waals surface area contributed by atoms with Crippen LogP contribution in [0.4, 0.5) is 5.69 Å². The van der Waals surface area contributed by atoms with Crippen LogP contribution in [-0.4, -0.2) is 16.9 Å². The summed E-state index contributed by atoms with van der Waals surface area (Å²) < 4.78 is 0. The van der Waals surface area contributed by atoms with E-state index in [0.29, 0.717) is 11.6 Å². The van der Waals surface area contributed by atoms with Gasteiger partial charge in [-0.05, 0) is 56.6 Å². The number of rotatable bonds is 4. The van der Waals surface area contributed by atoms with Crippen LogP contribution in [0, 0.1) is 18.8 Å². The molecule has 1 amide bonds. The zero-order chi connectivity index (χ0) is 17.4. The Morgan fingerprint density at radius 2 is 2.04 bits per heavy atom. The summed E-state index contributed by atoms with van der Waals surface area (Å²) in [6.07, 6.45) is 8.16. The number of aromatic amines is 1. The van der Waals surface area contributed by atoms with Crippen molar-refractivity contribution in [3.05, 3.63) is 41.6 Å². The van der Waals surface area contributed by atoms with Crippen molar-refractivity contribution in [1.82, 2.24) is 4.98 Å². The first kappa shape index (κ1) is 16.2. The van der Waals surface area contributed by atoms with Gasteiger partial charge in [-0.1, -0.05) is 31.0 Å². The Morgan fingerprint density at radius 3 is 2.84 bits per heavy atom. The molecule has 1 heterocycles. The van der Waals surface area contributed by atoms with Crippen LogP contribution in [0.25, 0.3) is 11.3 Å². The molecule has 2 aliphatic rings. The number of primary amides is 1. The Balaban J connectivity index is 1.61. The zero-order valence-corrected chi connectivity index (χ0v) is 14.8. The van der Waals surface area contributed by atoms with E-state index in [1.807, 2.05) is 19.1 Å². The number of carbonyl (C=O) groups excluding carboxylic acids is 1. The van der Waals surface area contributed by atoms with Crippen molar-refractivity contribution in [3.8, 4) is 11.3 Å². The van der Waals surface area contributed by atoms with Crippen molar-refractivity contribution in [2.45, 2.75) is 51.5 Å². The molecule has 1 aromatic heterocycles. The van der Waals surface area contributed by atoms with Crippen LogP contribution >= 0.6 is 0 Å². The molecule has 4 rings (SSSR count). The number of aromatic nitrogens is 1. The molecule has 4 heteroatoms. The number of anilines is 1. The lowest BCUT2D eigenvalue weighted by Crippen LogP contribution is -2.37. The smallest absolute Gasteiger partial charge is 0.250 e. The van der Waals surface area contributed by atoms with Crippen molar-refractivity contribution in [1.29, 1.82) is 0 Å². The first-order chi connectivity index (χ1) is 12.1. The van der Waals surface area contributed by atoms with Gasteiger partial charge >= 0.3 is 0 Å². The second-order valence-corrected chi connectivity index (χ2v) is 7.75. The zero-order valence-electron chi connectivity index (χ0n) is 14.8. The molecule has 2 bridgehead atoms. The van der Waals surface area contributed by atoms with E-state index in [0.717, 1.165) is 34.5 Å². The Bertz CT molecular complexity index is 779. The molecule has 4 nitrogen and oxygen atoms in total. The predicted octanol–water partition coefficient (Wildman–Crippen LogP) is 4.47. The molecule has 4 N–H and O–H groups in total. The van der Waals surface area contributed by atoms with E-state index in [1.165, 1.54) is 38.5 Å². The van der Waals surface area contributed by atoms with E-state index >= 15 is 0 Å². The Hall–Kier alpha value is -2.23. The Labute approximate surface area is 149 Å². The van der Waals surface area contributed by atoms with Gasteiger partial charge in [0.05, 0.1) is 5.56 Å². The predicted molar refractivity (Wildman–Crippen MR) is 102 cm³/mol. The number of H-pyrrole nitrogens is 1. The van der Waals surface area contributed by atoms with E-state index in [2.05, 4.69) is 28.5 Å². The number of fused-ring (bicyclic) bond motifs is 2. The molecule has 2 aliphatic carbocycles. The van der Waals surface area contributed by atoms with Gasteiger partial charge in [0.25, 0.3) is 5.91 Å². The summed E-state index contributed by atoms with van der Waals surface area (Å²) >= 11 is 0. The number of nitrogens with one attached hydrogen (secondary N) is 2. The van der Waals surface area contributed by atoms with E-state index < -0.39 is 0 Å². The highest BCUT2D eigenvalue weighted by Crippen LogP contribution is 2.41. The molecule has 0 saturated heterocycles. The molecular formula is C21H27N3O. The average Bonchev–Trinajstić information content (AvgIpc) is 3.00. The third-order valence-corrected chi connectivity index (χ3v) is 6.12. The van der Waals surface area contributed by atoms with Crippen LogP contribution in [0.1, 0.15) is 54.6 Å². The minimum Gasteiger partial charge on any atom is -0.381 e. The summed E-state index contributed by atoms with van der Waals surface area (Å²) in [5, 5.41) is 3.83. The quantitative estimate of drug-likeness (QED) is 0.770. The van der Waals surface area contributed by atoms with Gasteiger partial charge in [0.1, 0.15) is 0 Å². The molecule has 3 unspecified atom stereocenters. The largest absolute Gasteiger partial charge is 0.381 e. The van der Waals surface area contributed by atoms with Crippen LogP contribution in [0.2, 0.25) is 0 Å². The maximum absolute atomic E-state index is 11.6. The third-order valence-electron chi connectivity index (χ3n) is 6.12. The molecule has 25 heavy (non-hydrogen) atoms. The van der Waals surface area contributed by atoms with Gasteiger partial charge in [-0.2, -0.15) is 0 Å². The highest BCUT2D eigenvalue weighted by atomic mass is 16.1. The number of para-hydroxylation sites is 1. The topological polar surface area (TPSA) is 70.9 Å². The minimum atomic E-state index is -0.383.